The number of nitrogens with zero attached hydrogens (tertiary/aromatic N) is 5. The highest BCUT2D eigenvalue weighted by Crippen LogP contribution is 2.31. The average molecular weight is 463 g/mol. The molecule has 2 aliphatic rings. The maximum Gasteiger partial charge on any atom is 0.148 e. The summed E-state index contributed by atoms with van der Waals surface area (Å²) in [4.78, 5) is 16.1. The van der Waals surface area contributed by atoms with Crippen molar-refractivity contribution in [2.75, 3.05) is 63.1 Å². The lowest BCUT2D eigenvalue weighted by molar-refractivity contribution is 0.143. The van der Waals surface area contributed by atoms with Crippen molar-refractivity contribution in [1.82, 2.24) is 19.8 Å². The lowest BCUT2D eigenvalue weighted by atomic mass is 10.0. The molecule has 0 bridgehead atoms. The maximum atomic E-state index is 13.5. The number of likely N-dealkylation sites (tertiary alicyclic amines) is 1. The van der Waals surface area contributed by atoms with Crippen molar-refractivity contribution in [2.24, 2.45) is 0 Å². The second kappa shape index (κ2) is 9.36. The fourth-order valence-corrected chi connectivity index (χ4v) is 4.98. The molecule has 0 saturated carbocycles. The van der Waals surface area contributed by atoms with Crippen molar-refractivity contribution in [2.45, 2.75) is 18.9 Å². The number of halogens is 2. The van der Waals surface area contributed by atoms with Crippen LogP contribution in [-0.4, -0.2) is 72.6 Å². The van der Waals surface area contributed by atoms with E-state index in [1.165, 1.54) is 31.5 Å². The molecule has 2 saturated heterocycles. The molecule has 156 valence electrons. The monoisotopic (exact) mass is 462 g/mol. The SMILES string of the molecule is CNc1ncnc(N2CCN(C(CN3CCCC3)c3ccc(F)cc3)CC2)c1Br. The van der Waals surface area contributed by atoms with Crippen LogP contribution in [-0.2, 0) is 0 Å². The summed E-state index contributed by atoms with van der Waals surface area (Å²) in [6, 6.07) is 7.35. The smallest absolute Gasteiger partial charge is 0.148 e. The van der Waals surface area contributed by atoms with E-state index in [1.807, 2.05) is 19.2 Å². The molecule has 29 heavy (non-hydrogen) atoms. The van der Waals surface area contributed by atoms with Gasteiger partial charge < -0.3 is 15.1 Å². The normalized spacial score (nSPS) is 19.5. The van der Waals surface area contributed by atoms with Gasteiger partial charge in [-0.05, 0) is 59.6 Å². The van der Waals surface area contributed by atoms with Crippen molar-refractivity contribution in [1.29, 1.82) is 0 Å². The highest BCUT2D eigenvalue weighted by atomic mass is 79.9. The van der Waals surface area contributed by atoms with Crippen LogP contribution in [0.2, 0.25) is 0 Å². The molecule has 1 aromatic heterocycles. The van der Waals surface area contributed by atoms with Gasteiger partial charge in [0.2, 0.25) is 0 Å². The highest BCUT2D eigenvalue weighted by Gasteiger charge is 2.29. The van der Waals surface area contributed by atoms with Crippen molar-refractivity contribution < 1.29 is 4.39 Å². The Balaban J connectivity index is 1.48. The van der Waals surface area contributed by atoms with E-state index in [0.717, 1.165) is 48.8 Å². The topological polar surface area (TPSA) is 47.5 Å². The fraction of sp³-hybridized carbons (Fsp3) is 0.524. The predicted molar refractivity (Wildman–Crippen MR) is 118 cm³/mol. The van der Waals surface area contributed by atoms with Crippen LogP contribution in [0.1, 0.15) is 24.4 Å². The van der Waals surface area contributed by atoms with E-state index in [9.17, 15) is 4.39 Å². The van der Waals surface area contributed by atoms with E-state index >= 15 is 0 Å². The van der Waals surface area contributed by atoms with Crippen LogP contribution in [0.15, 0.2) is 35.1 Å². The van der Waals surface area contributed by atoms with Crippen LogP contribution >= 0.6 is 15.9 Å². The predicted octanol–water partition coefficient (Wildman–Crippen LogP) is 3.38. The molecule has 1 atom stereocenters. The Labute approximate surface area is 180 Å². The summed E-state index contributed by atoms with van der Waals surface area (Å²) in [7, 11) is 1.86. The van der Waals surface area contributed by atoms with E-state index < -0.39 is 0 Å². The Kier molecular flexibility index (Phi) is 6.62. The van der Waals surface area contributed by atoms with E-state index in [-0.39, 0.29) is 11.9 Å². The summed E-state index contributed by atoms with van der Waals surface area (Å²) >= 11 is 3.64. The van der Waals surface area contributed by atoms with E-state index in [2.05, 4.69) is 45.9 Å². The number of piperazine rings is 1. The minimum Gasteiger partial charge on any atom is -0.372 e. The summed E-state index contributed by atoms with van der Waals surface area (Å²) in [6.45, 7) is 7.03. The minimum atomic E-state index is -0.174. The Hall–Kier alpha value is -1.77. The molecule has 3 heterocycles. The first-order chi connectivity index (χ1) is 14.2. The van der Waals surface area contributed by atoms with Gasteiger partial charge in [-0.3, -0.25) is 4.90 Å². The number of anilines is 2. The number of aromatic nitrogens is 2. The Morgan fingerprint density at radius 1 is 1.03 bits per heavy atom. The molecule has 0 spiro atoms. The van der Waals surface area contributed by atoms with E-state index in [1.54, 1.807) is 18.5 Å². The number of hydrogen-bond acceptors (Lipinski definition) is 6. The molecule has 4 rings (SSSR count). The van der Waals surface area contributed by atoms with Crippen molar-refractivity contribution in [3.8, 4) is 0 Å². The molecule has 2 aliphatic heterocycles. The molecule has 1 aromatic carbocycles. The van der Waals surface area contributed by atoms with Crippen LogP contribution in [0, 0.1) is 5.82 Å². The maximum absolute atomic E-state index is 13.5. The van der Waals surface area contributed by atoms with Gasteiger partial charge in [0.15, 0.2) is 0 Å². The number of rotatable bonds is 6. The second-order valence-electron chi connectivity index (χ2n) is 7.71. The summed E-state index contributed by atoms with van der Waals surface area (Å²) in [5, 5.41) is 3.10. The molecule has 1 N–H and O–H groups in total. The van der Waals surface area contributed by atoms with Crippen molar-refractivity contribution in [3.63, 3.8) is 0 Å². The van der Waals surface area contributed by atoms with Gasteiger partial charge in [-0.2, -0.15) is 0 Å². The third-order valence-electron chi connectivity index (χ3n) is 5.95. The van der Waals surface area contributed by atoms with Crippen LogP contribution in [0.4, 0.5) is 16.0 Å². The highest BCUT2D eigenvalue weighted by molar-refractivity contribution is 9.10. The molecular formula is C21H28BrFN6. The molecule has 2 fully saturated rings. The zero-order chi connectivity index (χ0) is 20.2. The van der Waals surface area contributed by atoms with Crippen molar-refractivity contribution >= 4 is 27.6 Å². The lowest BCUT2D eigenvalue weighted by Crippen LogP contribution is -2.50. The molecule has 2 aromatic rings. The third kappa shape index (κ3) is 4.70. The van der Waals surface area contributed by atoms with Crippen LogP contribution in [0.3, 0.4) is 0 Å². The fourth-order valence-electron chi connectivity index (χ4n) is 4.33. The first-order valence-corrected chi connectivity index (χ1v) is 11.1. The zero-order valence-electron chi connectivity index (χ0n) is 16.8. The Morgan fingerprint density at radius 2 is 1.72 bits per heavy atom. The number of benzene rings is 1. The standard InChI is InChI=1S/C21H28BrFN6/c1-24-20-19(22)21(26-15-25-20)29-12-10-28(11-13-29)18(14-27-8-2-3-9-27)16-4-6-17(23)7-5-16/h4-7,15,18H,2-3,8-14H2,1H3,(H,24,25,26). The number of hydrogen-bond donors (Lipinski definition) is 1. The molecule has 8 heteroatoms. The van der Waals surface area contributed by atoms with E-state index in [0.29, 0.717) is 0 Å². The average Bonchev–Trinajstić information content (AvgIpc) is 3.27. The summed E-state index contributed by atoms with van der Waals surface area (Å²) in [6.07, 6.45) is 4.16. The second-order valence-corrected chi connectivity index (χ2v) is 8.50. The first-order valence-electron chi connectivity index (χ1n) is 10.3. The molecule has 1 unspecified atom stereocenters. The van der Waals surface area contributed by atoms with Crippen LogP contribution < -0.4 is 10.2 Å². The molecule has 0 radical (unpaired) electrons. The summed E-state index contributed by atoms with van der Waals surface area (Å²) in [5.74, 6) is 1.56. The summed E-state index contributed by atoms with van der Waals surface area (Å²) < 4.78 is 14.4. The minimum absolute atomic E-state index is 0.174. The van der Waals surface area contributed by atoms with E-state index in [4.69, 9.17) is 0 Å². The Bertz CT molecular complexity index is 803. The van der Waals surface area contributed by atoms with Gasteiger partial charge in [0.1, 0.15) is 28.3 Å². The Morgan fingerprint density at radius 3 is 2.38 bits per heavy atom. The van der Waals surface area contributed by atoms with Gasteiger partial charge in [0.25, 0.3) is 0 Å². The van der Waals surface area contributed by atoms with Crippen molar-refractivity contribution in [3.05, 3.63) is 46.4 Å². The van der Waals surface area contributed by atoms with Gasteiger partial charge in [-0.25, -0.2) is 14.4 Å². The quantitative estimate of drug-likeness (QED) is 0.709. The summed E-state index contributed by atoms with van der Waals surface area (Å²) in [5.41, 5.74) is 1.20. The van der Waals surface area contributed by atoms with Crippen LogP contribution in [0.5, 0.6) is 0 Å². The van der Waals surface area contributed by atoms with Gasteiger partial charge in [0.05, 0.1) is 0 Å². The third-order valence-corrected chi connectivity index (χ3v) is 6.68. The zero-order valence-corrected chi connectivity index (χ0v) is 18.4. The first kappa shape index (κ1) is 20.5. The number of nitrogens with one attached hydrogen (secondary N) is 1. The molecule has 6 nitrogen and oxygen atoms in total. The van der Waals surface area contributed by atoms with Gasteiger partial charge in [-0.1, -0.05) is 12.1 Å². The van der Waals surface area contributed by atoms with Gasteiger partial charge >= 0.3 is 0 Å². The van der Waals surface area contributed by atoms with Gasteiger partial charge in [0, 0.05) is 45.8 Å². The molecule has 0 aliphatic carbocycles. The van der Waals surface area contributed by atoms with Crippen LogP contribution in [0.25, 0.3) is 0 Å². The lowest BCUT2D eigenvalue weighted by Gasteiger charge is -2.41. The molecular weight excluding hydrogens is 435 g/mol. The van der Waals surface area contributed by atoms with Gasteiger partial charge in [-0.15, -0.1) is 0 Å². The molecule has 0 amide bonds. The largest absolute Gasteiger partial charge is 0.372 e.